The first-order chi connectivity index (χ1) is 16.1. The van der Waals surface area contributed by atoms with E-state index in [0.717, 1.165) is 24.8 Å². The zero-order valence-electron chi connectivity index (χ0n) is 20.0. The maximum absolute atomic E-state index is 11.8. The largest absolute Gasteiger partial charge is 0.504 e. The molecule has 0 unspecified atom stereocenters. The lowest BCUT2D eigenvalue weighted by Gasteiger charge is -2.37. The average molecular weight is 486 g/mol. The van der Waals surface area contributed by atoms with Gasteiger partial charge in [-0.05, 0) is 42.9 Å². The summed E-state index contributed by atoms with van der Waals surface area (Å²) in [6.45, 7) is 4.23. The topological polar surface area (TPSA) is 169 Å². The van der Waals surface area contributed by atoms with Crippen molar-refractivity contribution >= 4 is 5.91 Å². The van der Waals surface area contributed by atoms with E-state index in [0.29, 0.717) is 24.6 Å². The van der Waals surface area contributed by atoms with Crippen molar-refractivity contribution < 1.29 is 44.9 Å². The Kier molecular flexibility index (Phi) is 13.7. The van der Waals surface area contributed by atoms with Crippen molar-refractivity contribution in [3.63, 3.8) is 0 Å². The Morgan fingerprint density at radius 1 is 1.15 bits per heavy atom. The van der Waals surface area contributed by atoms with E-state index < -0.39 is 37.3 Å². The van der Waals surface area contributed by atoms with E-state index in [9.17, 15) is 9.90 Å². The molecule has 1 aliphatic heterocycles. The molecule has 1 aromatic carbocycles. The van der Waals surface area contributed by atoms with Gasteiger partial charge in [0.25, 0.3) is 0 Å². The Morgan fingerprint density at radius 3 is 2.47 bits per heavy atom. The predicted octanol–water partition coefficient (Wildman–Crippen LogP) is 0.568. The van der Waals surface area contributed by atoms with Gasteiger partial charge in [-0.25, -0.2) is 0 Å². The number of methoxy groups -OCH3 is 1. The minimum atomic E-state index is -1.57. The Labute approximate surface area is 200 Å². The van der Waals surface area contributed by atoms with Gasteiger partial charge >= 0.3 is 0 Å². The number of hydrogen-bond donors (Lipinski definition) is 7. The molecule has 0 radical (unpaired) electrons. The number of phenols is 1. The number of aromatic hydroxyl groups is 1. The number of nitrogens with one attached hydrogen (secondary N) is 1. The van der Waals surface area contributed by atoms with Crippen LogP contribution in [0.1, 0.15) is 45.1 Å². The monoisotopic (exact) mass is 485 g/mol. The maximum Gasteiger partial charge on any atom is 0.220 e. The lowest BCUT2D eigenvalue weighted by molar-refractivity contribution is -0.286. The normalized spacial score (nSPS) is 24.6. The highest BCUT2D eigenvalue weighted by Gasteiger charge is 2.42. The highest BCUT2D eigenvalue weighted by molar-refractivity contribution is 5.75. The molecule has 1 amide bonds. The fraction of sp³-hybridized carbons (Fsp3) is 0.625. The number of carbonyl (C=O) groups is 1. The van der Waals surface area contributed by atoms with Crippen LogP contribution in [-0.4, -0.2) is 81.0 Å². The van der Waals surface area contributed by atoms with Gasteiger partial charge in [-0.1, -0.05) is 32.1 Å². The molecule has 10 nitrogen and oxygen atoms in total. The second kappa shape index (κ2) is 15.6. The van der Waals surface area contributed by atoms with Crippen LogP contribution in [0.2, 0.25) is 0 Å². The van der Waals surface area contributed by atoms with Crippen LogP contribution >= 0.6 is 0 Å². The number of aliphatic hydroxyl groups is 5. The Morgan fingerprint density at radius 2 is 1.85 bits per heavy atom. The van der Waals surface area contributed by atoms with Gasteiger partial charge in [0, 0.05) is 13.0 Å². The van der Waals surface area contributed by atoms with Gasteiger partial charge < -0.3 is 45.4 Å². The molecule has 0 saturated carbocycles. The molecule has 2 rings (SSSR count). The number of unbranched alkanes of at least 4 members (excludes halogenated alkanes) is 2. The Hall–Kier alpha value is -2.21. The van der Waals surface area contributed by atoms with Gasteiger partial charge in [-0.3, -0.25) is 4.79 Å². The van der Waals surface area contributed by atoms with Gasteiger partial charge in [0.1, 0.15) is 24.4 Å². The lowest BCUT2D eigenvalue weighted by atomic mass is 10.00. The highest BCUT2D eigenvalue weighted by atomic mass is 16.6. The zero-order chi connectivity index (χ0) is 25.7. The van der Waals surface area contributed by atoms with Crippen LogP contribution in [0.5, 0.6) is 11.5 Å². The van der Waals surface area contributed by atoms with E-state index in [1.807, 2.05) is 0 Å². The van der Waals surface area contributed by atoms with E-state index in [4.69, 9.17) is 30.3 Å². The van der Waals surface area contributed by atoms with Gasteiger partial charge in [0.15, 0.2) is 17.8 Å². The maximum atomic E-state index is 11.8. The van der Waals surface area contributed by atoms with Crippen LogP contribution in [0.4, 0.5) is 0 Å². The van der Waals surface area contributed by atoms with Crippen molar-refractivity contribution in [3.8, 4) is 11.5 Å². The number of benzene rings is 1. The molecular weight excluding hydrogens is 446 g/mol. The summed E-state index contributed by atoms with van der Waals surface area (Å²) in [7, 11) is 1.51. The quantitative estimate of drug-likeness (QED) is 0.185. The van der Waals surface area contributed by atoms with Crippen molar-refractivity contribution in [1.29, 1.82) is 0 Å². The third kappa shape index (κ3) is 10.4. The first-order valence-corrected chi connectivity index (χ1v) is 11.4. The van der Waals surface area contributed by atoms with Gasteiger partial charge in [0.2, 0.25) is 5.91 Å². The molecule has 194 valence electrons. The summed E-state index contributed by atoms with van der Waals surface area (Å²) < 4.78 is 9.62. The van der Waals surface area contributed by atoms with Gasteiger partial charge in [-0.15, -0.1) is 0 Å². The number of carbonyl (C=O) groups excluding carboxylic acids is 1. The smallest absolute Gasteiger partial charge is 0.220 e. The van der Waals surface area contributed by atoms with E-state index in [1.54, 1.807) is 18.2 Å². The number of rotatable bonds is 10. The van der Waals surface area contributed by atoms with Crippen molar-refractivity contribution in [1.82, 2.24) is 5.32 Å². The summed E-state index contributed by atoms with van der Waals surface area (Å²) in [5.74, 6) is 1.17. The highest BCUT2D eigenvalue weighted by Crippen LogP contribution is 2.26. The molecule has 1 aliphatic rings. The van der Waals surface area contributed by atoms with Crippen molar-refractivity contribution in [3.05, 3.63) is 35.9 Å². The third-order valence-electron chi connectivity index (χ3n) is 5.15. The summed E-state index contributed by atoms with van der Waals surface area (Å²) in [6, 6.07) is 5.07. The summed E-state index contributed by atoms with van der Waals surface area (Å²) >= 11 is 0. The summed E-state index contributed by atoms with van der Waals surface area (Å²) in [4.78, 5) is 11.8. The molecule has 0 bridgehead atoms. The van der Waals surface area contributed by atoms with Crippen LogP contribution in [0.3, 0.4) is 0 Å². The summed E-state index contributed by atoms with van der Waals surface area (Å²) in [5.41, 5.74) is 0.905. The van der Waals surface area contributed by atoms with Gasteiger partial charge in [-0.2, -0.15) is 0 Å². The van der Waals surface area contributed by atoms with E-state index in [-0.39, 0.29) is 11.7 Å². The molecule has 10 heteroatoms. The molecule has 0 aromatic heterocycles. The molecule has 1 heterocycles. The zero-order valence-corrected chi connectivity index (χ0v) is 20.0. The van der Waals surface area contributed by atoms with E-state index in [1.165, 1.54) is 7.11 Å². The molecule has 1 fully saturated rings. The molecule has 7 N–H and O–H groups in total. The number of aliphatic hydroxyl groups excluding tert-OH is 5. The standard InChI is InChI=1S/C18H27NO3.C6H12O6/c1-14(2)8-6-4-5-7-9-18(21)19-13-15-10-11-16(20)17(12-15)22-3;7-1-2-3(8)4(9)5(10)6(11)12-2/h6,8,10-12,14,20H,4-5,7,9,13H2,1-3H3,(H,19,21);2-11H,1H2/b8-6+;/t;2-,3-,4+,5-,6-/m.1/s1. The summed E-state index contributed by atoms with van der Waals surface area (Å²) in [6.07, 6.45) is 0.840. The number of ether oxygens (including phenoxy) is 2. The minimum Gasteiger partial charge on any atom is -0.504 e. The second-order valence-electron chi connectivity index (χ2n) is 8.42. The Balaban J connectivity index is 0.000000404. The first-order valence-electron chi connectivity index (χ1n) is 11.4. The fourth-order valence-electron chi connectivity index (χ4n) is 3.12. The van der Waals surface area contributed by atoms with Crippen LogP contribution < -0.4 is 10.1 Å². The van der Waals surface area contributed by atoms with Crippen molar-refractivity contribution in [2.45, 2.75) is 76.8 Å². The Bertz CT molecular complexity index is 751. The SMILES string of the molecule is COc1cc(CNC(=O)CCCC/C=C/C(C)C)ccc1O.OC[C@H]1O[C@@H](O)[C@H](O)[C@@H](O)[C@@H]1O. The third-order valence-corrected chi connectivity index (χ3v) is 5.15. The lowest BCUT2D eigenvalue weighted by Crippen LogP contribution is -2.58. The molecule has 1 aromatic rings. The molecule has 0 aliphatic carbocycles. The first kappa shape index (κ1) is 29.8. The molecule has 34 heavy (non-hydrogen) atoms. The van der Waals surface area contributed by atoms with Crippen LogP contribution in [0.25, 0.3) is 0 Å². The van der Waals surface area contributed by atoms with Crippen LogP contribution in [0.15, 0.2) is 30.4 Å². The van der Waals surface area contributed by atoms with Crippen LogP contribution in [0, 0.1) is 5.92 Å². The van der Waals surface area contributed by atoms with Crippen LogP contribution in [-0.2, 0) is 16.1 Å². The predicted molar refractivity (Wildman–Crippen MR) is 125 cm³/mol. The second-order valence-corrected chi connectivity index (χ2v) is 8.42. The van der Waals surface area contributed by atoms with Crippen molar-refractivity contribution in [2.24, 2.45) is 5.92 Å². The number of allylic oxidation sites excluding steroid dienone is 2. The molecule has 1 saturated heterocycles. The average Bonchev–Trinajstić information content (AvgIpc) is 2.81. The van der Waals surface area contributed by atoms with Gasteiger partial charge in [0.05, 0.1) is 13.7 Å². The molecule has 5 atom stereocenters. The number of amides is 1. The summed E-state index contributed by atoms with van der Waals surface area (Å²) in [5, 5.41) is 57.1. The minimum absolute atomic E-state index is 0.0554. The van der Waals surface area contributed by atoms with E-state index >= 15 is 0 Å². The van der Waals surface area contributed by atoms with E-state index in [2.05, 4.69) is 36.1 Å². The number of phenolic OH excluding ortho intramolecular Hbond substituents is 1. The van der Waals surface area contributed by atoms with Crippen molar-refractivity contribution in [2.75, 3.05) is 13.7 Å². The molecule has 0 spiro atoms. The number of hydrogen-bond acceptors (Lipinski definition) is 9. The fourth-order valence-corrected chi connectivity index (χ4v) is 3.12. The molecular formula is C24H39NO9.